The van der Waals surface area contributed by atoms with Gasteiger partial charge >= 0.3 is 5.97 Å². The fraction of sp³-hybridized carbons (Fsp3) is 0.227. The van der Waals surface area contributed by atoms with E-state index in [-0.39, 0.29) is 17.5 Å². The molecule has 7 heteroatoms. The number of aromatic nitrogens is 1. The summed E-state index contributed by atoms with van der Waals surface area (Å²) in [5.74, 6) is 0.580. The van der Waals surface area contributed by atoms with Gasteiger partial charge in [-0.05, 0) is 56.3 Å². The molecule has 6 nitrogen and oxygen atoms in total. The minimum Gasteiger partial charge on any atom is -0.497 e. The number of hydrogen-bond acceptors (Lipinski definition) is 6. The number of carbonyl (C=O) groups is 2. The average Bonchev–Trinajstić information content (AvgIpc) is 2.71. The number of ether oxygens (including phenoxy) is 3. The highest BCUT2D eigenvalue weighted by atomic mass is 35.5. The molecule has 1 heterocycles. The quantitative estimate of drug-likeness (QED) is 0.320. The molecule has 1 aromatic heterocycles. The second-order valence-electron chi connectivity index (χ2n) is 6.45. The van der Waals surface area contributed by atoms with Gasteiger partial charge in [-0.25, -0.2) is 9.78 Å². The first-order chi connectivity index (χ1) is 13.9. The predicted octanol–water partition coefficient (Wildman–Crippen LogP) is 4.61. The minimum absolute atomic E-state index is 0.0242. The van der Waals surface area contributed by atoms with Gasteiger partial charge in [0.15, 0.2) is 11.9 Å². The van der Waals surface area contributed by atoms with Crippen molar-refractivity contribution in [2.45, 2.75) is 26.6 Å². The van der Waals surface area contributed by atoms with E-state index in [1.165, 1.54) is 6.92 Å². The molecule has 29 heavy (non-hydrogen) atoms. The summed E-state index contributed by atoms with van der Waals surface area (Å²) in [6, 6.07) is 13.8. The van der Waals surface area contributed by atoms with Gasteiger partial charge < -0.3 is 14.2 Å². The fourth-order valence-corrected chi connectivity index (χ4v) is 2.88. The average molecular weight is 414 g/mol. The Morgan fingerprint density at radius 2 is 1.76 bits per heavy atom. The van der Waals surface area contributed by atoms with Gasteiger partial charge in [0.2, 0.25) is 0 Å². The largest absolute Gasteiger partial charge is 0.497 e. The number of benzene rings is 2. The Morgan fingerprint density at radius 3 is 2.41 bits per heavy atom. The number of Topliss-reactive ketones (excluding diaryl/α,β-unsaturated/α-hetero) is 1. The number of fused-ring (bicyclic) bond motifs is 1. The number of carbonyl (C=O) groups excluding carboxylic acids is 2. The van der Waals surface area contributed by atoms with Crippen molar-refractivity contribution in [3.8, 4) is 11.5 Å². The molecule has 0 aliphatic heterocycles. The van der Waals surface area contributed by atoms with E-state index in [1.807, 2.05) is 18.2 Å². The lowest BCUT2D eigenvalue weighted by Gasteiger charge is -2.15. The molecule has 0 fully saturated rings. The van der Waals surface area contributed by atoms with E-state index in [9.17, 15) is 9.59 Å². The Kier molecular flexibility index (Phi) is 6.34. The van der Waals surface area contributed by atoms with Crippen LogP contribution in [0.2, 0.25) is 5.15 Å². The normalized spacial score (nSPS) is 11.7. The van der Waals surface area contributed by atoms with Gasteiger partial charge in [0, 0.05) is 22.6 Å². The van der Waals surface area contributed by atoms with Crippen molar-refractivity contribution in [2.75, 3.05) is 7.11 Å². The highest BCUT2D eigenvalue weighted by molar-refractivity contribution is 6.30. The smallest absolute Gasteiger partial charge is 0.347 e. The molecule has 0 aliphatic rings. The lowest BCUT2D eigenvalue weighted by Crippen LogP contribution is -2.26. The van der Waals surface area contributed by atoms with Gasteiger partial charge in [0.05, 0.1) is 12.6 Å². The third kappa shape index (κ3) is 5.03. The lowest BCUT2D eigenvalue weighted by atomic mass is 10.1. The number of esters is 1. The summed E-state index contributed by atoms with van der Waals surface area (Å²) < 4.78 is 16.1. The maximum atomic E-state index is 12.3. The Morgan fingerprint density at radius 1 is 1.07 bits per heavy atom. The number of rotatable bonds is 7. The van der Waals surface area contributed by atoms with Crippen molar-refractivity contribution in [2.24, 2.45) is 0 Å². The molecule has 1 atom stereocenters. The summed E-state index contributed by atoms with van der Waals surface area (Å²) >= 11 is 6.23. The maximum absolute atomic E-state index is 12.3. The predicted molar refractivity (Wildman–Crippen MR) is 110 cm³/mol. The molecule has 0 aliphatic carbocycles. The monoisotopic (exact) mass is 413 g/mol. The van der Waals surface area contributed by atoms with Crippen molar-refractivity contribution in [1.82, 2.24) is 4.98 Å². The van der Waals surface area contributed by atoms with Gasteiger partial charge in [-0.1, -0.05) is 11.6 Å². The highest BCUT2D eigenvalue weighted by Crippen LogP contribution is 2.25. The van der Waals surface area contributed by atoms with E-state index in [0.717, 1.165) is 5.39 Å². The van der Waals surface area contributed by atoms with E-state index in [1.54, 1.807) is 44.4 Å². The van der Waals surface area contributed by atoms with Crippen molar-refractivity contribution in [1.29, 1.82) is 0 Å². The molecule has 0 amide bonds. The molecule has 2 aromatic carbocycles. The minimum atomic E-state index is -0.824. The van der Waals surface area contributed by atoms with E-state index >= 15 is 0 Å². The van der Waals surface area contributed by atoms with Crippen LogP contribution in [0.15, 0.2) is 48.5 Å². The number of ketones is 1. The lowest BCUT2D eigenvalue weighted by molar-refractivity contribution is -0.152. The van der Waals surface area contributed by atoms with E-state index in [0.29, 0.717) is 28.1 Å². The van der Waals surface area contributed by atoms with Crippen molar-refractivity contribution >= 4 is 34.3 Å². The third-order valence-corrected chi connectivity index (χ3v) is 4.65. The molecular formula is C22H20ClNO5. The van der Waals surface area contributed by atoms with Crippen LogP contribution in [0.4, 0.5) is 0 Å². The summed E-state index contributed by atoms with van der Waals surface area (Å²) in [5, 5.41) is 1.11. The van der Waals surface area contributed by atoms with Crippen LogP contribution in [0.3, 0.4) is 0 Å². The fourth-order valence-electron chi connectivity index (χ4n) is 2.68. The van der Waals surface area contributed by atoms with Crippen LogP contribution in [0.5, 0.6) is 11.5 Å². The zero-order chi connectivity index (χ0) is 21.0. The second kappa shape index (κ2) is 8.92. The van der Waals surface area contributed by atoms with Crippen molar-refractivity contribution in [3.05, 3.63) is 64.8 Å². The molecule has 0 bridgehead atoms. The summed E-state index contributed by atoms with van der Waals surface area (Å²) in [5.41, 5.74) is 1.86. The zero-order valence-corrected chi connectivity index (χ0v) is 17.0. The summed E-state index contributed by atoms with van der Waals surface area (Å²) in [6.45, 7) is 3.05. The highest BCUT2D eigenvalue weighted by Gasteiger charge is 2.18. The van der Waals surface area contributed by atoms with Crippen LogP contribution in [0, 0.1) is 0 Å². The third-order valence-electron chi connectivity index (χ3n) is 4.33. The van der Waals surface area contributed by atoms with E-state index in [4.69, 9.17) is 25.8 Å². The first-order valence-corrected chi connectivity index (χ1v) is 9.32. The zero-order valence-electron chi connectivity index (χ0n) is 16.3. The number of hydrogen-bond donors (Lipinski definition) is 0. The summed E-state index contributed by atoms with van der Waals surface area (Å²) in [4.78, 5) is 27.9. The molecule has 0 spiro atoms. The van der Waals surface area contributed by atoms with Gasteiger partial charge in [0.1, 0.15) is 23.3 Å². The molecule has 0 radical (unpaired) electrons. The molecule has 3 rings (SSSR count). The molecule has 0 N–H and O–H groups in total. The van der Waals surface area contributed by atoms with Crippen LogP contribution < -0.4 is 9.47 Å². The van der Waals surface area contributed by atoms with Crippen LogP contribution in [-0.4, -0.2) is 30.0 Å². The van der Waals surface area contributed by atoms with Crippen LogP contribution in [-0.2, 0) is 16.1 Å². The van der Waals surface area contributed by atoms with E-state index in [2.05, 4.69) is 4.98 Å². The Labute approximate surface area is 173 Å². The maximum Gasteiger partial charge on any atom is 0.347 e. The van der Waals surface area contributed by atoms with Crippen LogP contribution >= 0.6 is 11.6 Å². The molecule has 150 valence electrons. The van der Waals surface area contributed by atoms with Gasteiger partial charge in [-0.3, -0.25) is 4.79 Å². The number of nitrogens with zero attached hydrogens (tertiary/aromatic N) is 1. The molecule has 0 saturated heterocycles. The first kappa shape index (κ1) is 20.6. The van der Waals surface area contributed by atoms with Gasteiger partial charge in [-0.15, -0.1) is 0 Å². The van der Waals surface area contributed by atoms with Crippen molar-refractivity contribution in [3.63, 3.8) is 0 Å². The number of methoxy groups -OCH3 is 1. The number of pyridine rings is 1. The van der Waals surface area contributed by atoms with Gasteiger partial charge in [0.25, 0.3) is 0 Å². The SMILES string of the molecule is COc1ccc2cc(COC(=O)[C@H](C)Oc3ccc(C(C)=O)cc3)c(Cl)nc2c1. The summed E-state index contributed by atoms with van der Waals surface area (Å²) in [6.07, 6.45) is -0.824. The Bertz CT molecular complexity index is 1050. The topological polar surface area (TPSA) is 74.7 Å². The van der Waals surface area contributed by atoms with Crippen LogP contribution in [0.25, 0.3) is 10.9 Å². The first-order valence-electron chi connectivity index (χ1n) is 8.95. The Balaban J connectivity index is 1.63. The summed E-state index contributed by atoms with van der Waals surface area (Å²) in [7, 11) is 1.58. The van der Waals surface area contributed by atoms with Crippen LogP contribution in [0.1, 0.15) is 29.8 Å². The Hall–Kier alpha value is -3.12. The molecular weight excluding hydrogens is 394 g/mol. The van der Waals surface area contributed by atoms with Crippen molar-refractivity contribution < 1.29 is 23.8 Å². The van der Waals surface area contributed by atoms with Gasteiger partial charge in [-0.2, -0.15) is 0 Å². The molecule has 3 aromatic rings. The standard InChI is InChI=1S/C22H20ClNO5/c1-13(25)15-4-7-18(8-5-15)29-14(2)22(26)28-12-17-10-16-6-9-19(27-3)11-20(16)24-21(17)23/h4-11,14H,12H2,1-3H3/t14-/m0/s1. The second-order valence-corrected chi connectivity index (χ2v) is 6.80. The molecule has 0 unspecified atom stereocenters. The van der Waals surface area contributed by atoms with E-state index < -0.39 is 12.1 Å². The number of halogens is 1. The molecule has 0 saturated carbocycles.